The lowest BCUT2D eigenvalue weighted by Gasteiger charge is -2.12. The number of fused-ring (bicyclic) bond motifs is 1. The second-order valence-electron chi connectivity index (χ2n) is 5.05. The summed E-state index contributed by atoms with van der Waals surface area (Å²) in [5.74, 6) is 0.787. The molecule has 0 unspecified atom stereocenters. The molecule has 2 aromatic rings. The summed E-state index contributed by atoms with van der Waals surface area (Å²) in [6, 6.07) is 6.05. The van der Waals surface area contributed by atoms with Crippen molar-refractivity contribution in [3.05, 3.63) is 41.6 Å². The fourth-order valence-corrected chi connectivity index (χ4v) is 4.19. The highest BCUT2D eigenvalue weighted by atomic mass is 35.5. The van der Waals surface area contributed by atoms with Crippen LogP contribution in [0, 0.1) is 0 Å². The molecule has 0 radical (unpaired) electrons. The van der Waals surface area contributed by atoms with E-state index >= 15 is 0 Å². The molecule has 128 valence electrons. The van der Waals surface area contributed by atoms with Crippen molar-refractivity contribution >= 4 is 52.7 Å². The van der Waals surface area contributed by atoms with Crippen LogP contribution in [0.3, 0.4) is 0 Å². The predicted molar refractivity (Wildman–Crippen MR) is 101 cm³/mol. The number of aromatic nitrogens is 2. The summed E-state index contributed by atoms with van der Waals surface area (Å²) in [6.07, 6.45) is 7.21. The number of amides is 2. The van der Waals surface area contributed by atoms with E-state index in [2.05, 4.69) is 15.5 Å². The molecular formula is C16H18ClN3O2S2. The normalized spacial score (nSPS) is 16.2. The summed E-state index contributed by atoms with van der Waals surface area (Å²) in [4.78, 5) is 29.9. The van der Waals surface area contributed by atoms with Gasteiger partial charge in [0.25, 0.3) is 11.1 Å². The van der Waals surface area contributed by atoms with Gasteiger partial charge in [-0.2, -0.15) is 0 Å². The summed E-state index contributed by atoms with van der Waals surface area (Å²) in [5, 5.41) is 0.999. The number of pyridine rings is 1. The maximum atomic E-state index is 11.9. The maximum Gasteiger partial charge on any atom is 0.293 e. The molecule has 0 bridgehead atoms. The quantitative estimate of drug-likeness (QED) is 0.424. The predicted octanol–water partition coefficient (Wildman–Crippen LogP) is 4.23. The van der Waals surface area contributed by atoms with E-state index in [0.29, 0.717) is 11.4 Å². The van der Waals surface area contributed by atoms with E-state index in [0.717, 1.165) is 41.0 Å². The molecule has 3 rings (SSSR count). The number of hydrogen-bond acceptors (Lipinski definition) is 5. The zero-order valence-electron chi connectivity index (χ0n) is 13.2. The van der Waals surface area contributed by atoms with Gasteiger partial charge in [-0.05, 0) is 49.4 Å². The average Bonchev–Trinajstić information content (AvgIpc) is 3.13. The first-order valence-electron chi connectivity index (χ1n) is 7.45. The first-order valence-corrected chi connectivity index (χ1v) is 9.26. The van der Waals surface area contributed by atoms with Crippen LogP contribution < -0.4 is 0 Å². The van der Waals surface area contributed by atoms with E-state index in [-0.39, 0.29) is 23.6 Å². The van der Waals surface area contributed by atoms with Crippen molar-refractivity contribution in [3.8, 4) is 0 Å². The lowest BCUT2D eigenvalue weighted by Crippen LogP contribution is -2.29. The van der Waals surface area contributed by atoms with Crippen LogP contribution in [0.2, 0.25) is 0 Å². The number of rotatable bonds is 6. The summed E-state index contributed by atoms with van der Waals surface area (Å²) >= 11 is 2.79. The van der Waals surface area contributed by atoms with Crippen LogP contribution in [-0.2, 0) is 4.79 Å². The minimum absolute atomic E-state index is 0. The van der Waals surface area contributed by atoms with Gasteiger partial charge in [0.05, 0.1) is 9.93 Å². The number of nitrogens with zero attached hydrogens (tertiary/aromatic N) is 3. The van der Waals surface area contributed by atoms with Gasteiger partial charge in [-0.3, -0.25) is 18.9 Å². The second kappa shape index (κ2) is 8.60. The van der Waals surface area contributed by atoms with Crippen molar-refractivity contribution < 1.29 is 9.59 Å². The van der Waals surface area contributed by atoms with Gasteiger partial charge in [0.15, 0.2) is 0 Å². The first kappa shape index (κ1) is 18.9. The molecule has 1 aliphatic heterocycles. The highest BCUT2D eigenvalue weighted by Gasteiger charge is 2.33. The Labute approximate surface area is 155 Å². The molecule has 0 aromatic carbocycles. The summed E-state index contributed by atoms with van der Waals surface area (Å²) in [5.41, 5.74) is 0.944. The number of halogens is 1. The summed E-state index contributed by atoms with van der Waals surface area (Å²) in [6.45, 7) is 2.28. The first-order chi connectivity index (χ1) is 11.2. The van der Waals surface area contributed by atoms with Crippen molar-refractivity contribution in [2.75, 3.05) is 12.3 Å². The number of carbonyl (C=O) groups is 2. The van der Waals surface area contributed by atoms with Crippen molar-refractivity contribution in [2.45, 2.75) is 24.8 Å². The number of hydrogen-bond donors (Lipinski definition) is 0. The highest BCUT2D eigenvalue weighted by Crippen LogP contribution is 2.30. The van der Waals surface area contributed by atoms with Crippen molar-refractivity contribution in [1.29, 1.82) is 0 Å². The molecule has 0 N–H and O–H groups in total. The van der Waals surface area contributed by atoms with Crippen molar-refractivity contribution in [1.82, 2.24) is 14.3 Å². The van der Waals surface area contributed by atoms with Crippen LogP contribution >= 0.6 is 35.9 Å². The van der Waals surface area contributed by atoms with E-state index in [4.69, 9.17) is 0 Å². The fraction of sp³-hybridized carbons (Fsp3) is 0.312. The second-order valence-corrected chi connectivity index (χ2v) is 7.16. The smallest absolute Gasteiger partial charge is 0.293 e. The molecule has 0 atom stereocenters. The molecule has 0 saturated carbocycles. The van der Waals surface area contributed by atoms with Gasteiger partial charge < -0.3 is 0 Å². The minimum atomic E-state index is -0.154. The Morgan fingerprint density at radius 2 is 2.12 bits per heavy atom. The van der Waals surface area contributed by atoms with E-state index in [1.54, 1.807) is 31.0 Å². The molecule has 8 heteroatoms. The number of carbonyl (C=O) groups excluding carboxylic acids is 2. The van der Waals surface area contributed by atoms with Crippen LogP contribution in [0.4, 0.5) is 4.79 Å². The van der Waals surface area contributed by atoms with E-state index in [1.807, 2.05) is 18.3 Å². The number of allylic oxidation sites excluding steroid dienone is 1. The Hall–Kier alpha value is -1.44. The van der Waals surface area contributed by atoms with E-state index in [9.17, 15) is 9.59 Å². The molecule has 0 aliphatic carbocycles. The van der Waals surface area contributed by atoms with Crippen LogP contribution in [0.15, 0.2) is 46.6 Å². The maximum absolute atomic E-state index is 11.9. The molecule has 0 spiro atoms. The molecule has 2 aromatic heterocycles. The van der Waals surface area contributed by atoms with Gasteiger partial charge in [0, 0.05) is 18.9 Å². The number of unbranched alkanes of at least 4 members (excludes halogenated alkanes) is 1. The molecule has 2 amide bonds. The van der Waals surface area contributed by atoms with Crippen LogP contribution in [-0.4, -0.2) is 37.7 Å². The van der Waals surface area contributed by atoms with Crippen LogP contribution in [0.5, 0.6) is 0 Å². The molecule has 24 heavy (non-hydrogen) atoms. The van der Waals surface area contributed by atoms with Crippen LogP contribution in [0.1, 0.15) is 19.8 Å². The number of thioether (sulfide) groups is 2. The third-order valence-corrected chi connectivity index (χ3v) is 5.70. The molecule has 1 aliphatic rings. The van der Waals surface area contributed by atoms with Gasteiger partial charge in [-0.1, -0.05) is 12.1 Å². The average molecular weight is 384 g/mol. The highest BCUT2D eigenvalue weighted by molar-refractivity contribution is 8.18. The zero-order valence-corrected chi connectivity index (χ0v) is 15.6. The molecule has 3 heterocycles. The van der Waals surface area contributed by atoms with Gasteiger partial charge in [0.1, 0.15) is 5.65 Å². The monoisotopic (exact) mass is 383 g/mol. The van der Waals surface area contributed by atoms with Crippen molar-refractivity contribution in [2.24, 2.45) is 0 Å². The Morgan fingerprint density at radius 1 is 1.29 bits per heavy atom. The lowest BCUT2D eigenvalue weighted by atomic mass is 10.3. The Morgan fingerprint density at radius 3 is 2.88 bits per heavy atom. The van der Waals surface area contributed by atoms with Crippen molar-refractivity contribution in [3.63, 3.8) is 0 Å². The molecule has 1 fully saturated rings. The van der Waals surface area contributed by atoms with Gasteiger partial charge in [-0.25, -0.2) is 4.98 Å². The topological polar surface area (TPSA) is 54.7 Å². The Kier molecular flexibility index (Phi) is 6.77. The van der Waals surface area contributed by atoms with Gasteiger partial charge >= 0.3 is 0 Å². The fourth-order valence-electron chi connectivity index (χ4n) is 2.37. The van der Waals surface area contributed by atoms with Gasteiger partial charge in [-0.15, -0.1) is 24.2 Å². The number of imidazole rings is 1. The zero-order chi connectivity index (χ0) is 16.2. The third kappa shape index (κ3) is 3.96. The van der Waals surface area contributed by atoms with Crippen LogP contribution in [0.25, 0.3) is 5.65 Å². The number of imide groups is 1. The molecule has 5 nitrogen and oxygen atoms in total. The van der Waals surface area contributed by atoms with E-state index < -0.39 is 0 Å². The summed E-state index contributed by atoms with van der Waals surface area (Å²) in [7, 11) is 0. The van der Waals surface area contributed by atoms with E-state index in [1.165, 1.54) is 4.90 Å². The largest absolute Gasteiger partial charge is 0.294 e. The van der Waals surface area contributed by atoms with Gasteiger partial charge in [0.2, 0.25) is 0 Å². The molecular weight excluding hydrogens is 366 g/mol. The molecule has 1 saturated heterocycles. The summed E-state index contributed by atoms with van der Waals surface area (Å²) < 4.78 is 2.06. The third-order valence-electron chi connectivity index (χ3n) is 3.55. The minimum Gasteiger partial charge on any atom is -0.294 e. The Bertz CT molecular complexity index is 776. The standard InChI is InChI=1S/C16H17N3O2S2.ClH/c1-2-12-15(20)19(16(21)23-12)9-3-4-11-22-14-7-5-6-13-17-8-10-18(13)14;/h2,5-8,10H,3-4,9,11H2,1H3;1H. The SMILES string of the molecule is CC=C1SC(=O)N(CCCCSc2cccc3nccn23)C1=O.Cl. The lowest BCUT2D eigenvalue weighted by molar-refractivity contribution is -0.122. The Balaban J connectivity index is 0.00000208.